The van der Waals surface area contributed by atoms with Gasteiger partial charge in [0.05, 0.1) is 41.2 Å². The molecule has 2 N–H and O–H groups in total. The first kappa shape index (κ1) is 19.1. The van der Waals surface area contributed by atoms with Crippen LogP contribution in [0.15, 0.2) is 55.0 Å². The number of aryl methyl sites for hydroxylation is 1. The molecule has 1 saturated heterocycles. The van der Waals surface area contributed by atoms with Gasteiger partial charge in [-0.05, 0) is 49.4 Å². The van der Waals surface area contributed by atoms with E-state index in [0.29, 0.717) is 13.2 Å². The Kier molecular flexibility index (Phi) is 5.16. The predicted molar refractivity (Wildman–Crippen MR) is 122 cm³/mol. The maximum absolute atomic E-state index is 5.62. The van der Waals surface area contributed by atoms with Gasteiger partial charge < -0.3 is 15.4 Å². The van der Waals surface area contributed by atoms with E-state index in [1.54, 1.807) is 17.5 Å². The number of hydrogen-bond donors (Lipinski definition) is 2. The minimum atomic E-state index is 0.203. The molecule has 4 aromatic rings. The van der Waals surface area contributed by atoms with Gasteiger partial charge in [0.25, 0.3) is 0 Å². The minimum Gasteiger partial charge on any atom is -0.378 e. The van der Waals surface area contributed by atoms with Crippen LogP contribution >= 0.6 is 11.3 Å². The molecule has 0 radical (unpaired) electrons. The molecule has 1 aromatic carbocycles. The molecule has 1 aliphatic rings. The molecule has 0 spiro atoms. The summed E-state index contributed by atoms with van der Waals surface area (Å²) in [5, 5.41) is 7.78. The molecule has 3 aromatic heterocycles. The van der Waals surface area contributed by atoms with Crippen LogP contribution in [0.2, 0.25) is 0 Å². The Labute approximate surface area is 179 Å². The van der Waals surface area contributed by atoms with E-state index in [2.05, 4.69) is 57.9 Å². The second kappa shape index (κ2) is 8.10. The zero-order chi connectivity index (χ0) is 20.5. The van der Waals surface area contributed by atoms with E-state index < -0.39 is 0 Å². The molecule has 4 heterocycles. The molecule has 6 nitrogen and oxygen atoms in total. The van der Waals surface area contributed by atoms with Gasteiger partial charge in [-0.15, -0.1) is 0 Å². The van der Waals surface area contributed by atoms with Crippen LogP contribution in [0.4, 0.5) is 5.13 Å². The van der Waals surface area contributed by atoms with Crippen LogP contribution in [0.3, 0.4) is 0 Å². The van der Waals surface area contributed by atoms with Crippen LogP contribution in [0, 0.1) is 6.92 Å². The highest BCUT2D eigenvalue weighted by atomic mass is 32.1. The smallest absolute Gasteiger partial charge is 0.184 e. The fourth-order valence-corrected chi connectivity index (χ4v) is 4.78. The third kappa shape index (κ3) is 3.67. The number of likely N-dealkylation sites (N-methyl/N-ethyl adjacent to an activating group) is 1. The SMILES string of the molecule is CNC1COCC1Nc1nc2cc(-c3cccnc3)cc(-c3ccc(C)cn3)c2s1. The predicted octanol–water partition coefficient (Wildman–Crippen LogP) is 4.13. The maximum atomic E-state index is 5.62. The largest absolute Gasteiger partial charge is 0.378 e. The van der Waals surface area contributed by atoms with Gasteiger partial charge in [-0.1, -0.05) is 23.5 Å². The Bertz CT molecular complexity index is 1160. The molecule has 1 aliphatic heterocycles. The first-order chi connectivity index (χ1) is 14.7. The quantitative estimate of drug-likeness (QED) is 0.509. The van der Waals surface area contributed by atoms with Gasteiger partial charge in [-0.3, -0.25) is 9.97 Å². The van der Waals surface area contributed by atoms with Crippen LogP contribution in [0.1, 0.15) is 5.56 Å². The topological polar surface area (TPSA) is 72.0 Å². The molecule has 152 valence electrons. The molecule has 1 fully saturated rings. The average molecular weight is 418 g/mol. The van der Waals surface area contributed by atoms with Gasteiger partial charge in [0, 0.05) is 29.7 Å². The number of pyridine rings is 2. The van der Waals surface area contributed by atoms with Crippen molar-refractivity contribution in [2.24, 2.45) is 0 Å². The van der Waals surface area contributed by atoms with E-state index >= 15 is 0 Å². The summed E-state index contributed by atoms with van der Waals surface area (Å²) < 4.78 is 6.75. The van der Waals surface area contributed by atoms with Gasteiger partial charge in [-0.2, -0.15) is 0 Å². The minimum absolute atomic E-state index is 0.203. The lowest BCUT2D eigenvalue weighted by Gasteiger charge is -2.17. The number of ether oxygens (including phenoxy) is 1. The van der Waals surface area contributed by atoms with E-state index in [1.807, 2.05) is 25.5 Å². The monoisotopic (exact) mass is 417 g/mol. The fraction of sp³-hybridized carbons (Fsp3) is 0.261. The highest BCUT2D eigenvalue weighted by Gasteiger charge is 2.27. The van der Waals surface area contributed by atoms with Gasteiger partial charge in [0.1, 0.15) is 0 Å². The van der Waals surface area contributed by atoms with Gasteiger partial charge in [0.15, 0.2) is 5.13 Å². The Balaban J connectivity index is 1.61. The third-order valence-electron chi connectivity index (χ3n) is 5.43. The summed E-state index contributed by atoms with van der Waals surface area (Å²) >= 11 is 1.67. The molecule has 2 atom stereocenters. The molecule has 30 heavy (non-hydrogen) atoms. The Hall–Kier alpha value is -2.87. The molecular formula is C23H23N5OS. The molecule has 0 saturated carbocycles. The Morgan fingerprint density at radius 1 is 1.07 bits per heavy atom. The Morgan fingerprint density at radius 3 is 2.73 bits per heavy atom. The average Bonchev–Trinajstić information content (AvgIpc) is 3.40. The lowest BCUT2D eigenvalue weighted by molar-refractivity contribution is 0.189. The van der Waals surface area contributed by atoms with Gasteiger partial charge >= 0.3 is 0 Å². The van der Waals surface area contributed by atoms with Crippen LogP contribution in [0.25, 0.3) is 32.6 Å². The van der Waals surface area contributed by atoms with Crippen molar-refractivity contribution in [1.29, 1.82) is 0 Å². The first-order valence-corrected chi connectivity index (χ1v) is 10.8. The molecule has 5 rings (SSSR count). The van der Waals surface area contributed by atoms with Crippen LogP contribution < -0.4 is 10.6 Å². The normalized spacial score (nSPS) is 18.7. The van der Waals surface area contributed by atoms with Crippen molar-refractivity contribution in [3.8, 4) is 22.4 Å². The van der Waals surface area contributed by atoms with Crippen molar-refractivity contribution in [3.05, 3.63) is 60.6 Å². The summed E-state index contributed by atoms with van der Waals surface area (Å²) in [6, 6.07) is 13.0. The number of benzene rings is 1. The van der Waals surface area contributed by atoms with E-state index in [4.69, 9.17) is 9.72 Å². The van der Waals surface area contributed by atoms with Crippen molar-refractivity contribution < 1.29 is 4.74 Å². The number of anilines is 1. The molecule has 0 bridgehead atoms. The van der Waals surface area contributed by atoms with Crippen LogP contribution in [-0.4, -0.2) is 47.3 Å². The zero-order valence-electron chi connectivity index (χ0n) is 16.9. The number of hydrogen-bond acceptors (Lipinski definition) is 7. The fourth-order valence-electron chi connectivity index (χ4n) is 3.75. The van der Waals surface area contributed by atoms with Crippen molar-refractivity contribution in [2.75, 3.05) is 25.6 Å². The molecular weight excluding hydrogens is 394 g/mol. The van der Waals surface area contributed by atoms with Crippen LogP contribution in [-0.2, 0) is 4.74 Å². The second-order valence-electron chi connectivity index (χ2n) is 7.54. The first-order valence-electron chi connectivity index (χ1n) is 10.0. The van der Waals surface area contributed by atoms with Crippen molar-refractivity contribution >= 4 is 26.7 Å². The number of nitrogens with one attached hydrogen (secondary N) is 2. The third-order valence-corrected chi connectivity index (χ3v) is 6.47. The number of thiazole rings is 1. The maximum Gasteiger partial charge on any atom is 0.184 e. The summed E-state index contributed by atoms with van der Waals surface area (Å²) in [5.74, 6) is 0. The van der Waals surface area contributed by atoms with Gasteiger partial charge in [-0.25, -0.2) is 4.98 Å². The summed E-state index contributed by atoms with van der Waals surface area (Å²) in [6.07, 6.45) is 5.58. The van der Waals surface area contributed by atoms with E-state index in [1.165, 1.54) is 0 Å². The summed E-state index contributed by atoms with van der Waals surface area (Å²) in [6.45, 7) is 3.44. The van der Waals surface area contributed by atoms with E-state index in [9.17, 15) is 0 Å². The highest BCUT2D eigenvalue weighted by Crippen LogP contribution is 2.38. The number of nitrogens with zero attached hydrogens (tertiary/aromatic N) is 3. The van der Waals surface area contributed by atoms with Crippen molar-refractivity contribution in [3.63, 3.8) is 0 Å². The number of rotatable bonds is 5. The Morgan fingerprint density at radius 2 is 1.97 bits per heavy atom. The molecule has 0 aliphatic carbocycles. The van der Waals surface area contributed by atoms with E-state index in [0.717, 1.165) is 43.3 Å². The lowest BCUT2D eigenvalue weighted by Crippen LogP contribution is -2.41. The second-order valence-corrected chi connectivity index (χ2v) is 8.54. The molecule has 0 amide bonds. The van der Waals surface area contributed by atoms with Gasteiger partial charge in [0.2, 0.25) is 0 Å². The summed E-state index contributed by atoms with van der Waals surface area (Å²) in [4.78, 5) is 13.9. The summed E-state index contributed by atoms with van der Waals surface area (Å²) in [5.41, 5.74) is 6.29. The highest BCUT2D eigenvalue weighted by molar-refractivity contribution is 7.22. The van der Waals surface area contributed by atoms with Crippen molar-refractivity contribution in [2.45, 2.75) is 19.0 Å². The standard InChI is InChI=1S/C23H23N5OS/c1-14-5-6-18(26-10-14)17-8-16(15-4-3-7-25-11-15)9-19-22(17)30-23(27-19)28-21-13-29-12-20(21)24-2/h3-11,20-21,24H,12-13H2,1-2H3,(H,27,28). The zero-order valence-corrected chi connectivity index (χ0v) is 17.7. The summed E-state index contributed by atoms with van der Waals surface area (Å²) in [7, 11) is 1.97. The van der Waals surface area contributed by atoms with E-state index in [-0.39, 0.29) is 12.1 Å². The number of fused-ring (bicyclic) bond motifs is 1. The molecule has 7 heteroatoms. The van der Waals surface area contributed by atoms with Crippen LogP contribution in [0.5, 0.6) is 0 Å². The molecule has 2 unspecified atom stereocenters. The number of aromatic nitrogens is 3. The lowest BCUT2D eigenvalue weighted by atomic mass is 10.0. The van der Waals surface area contributed by atoms with Crippen molar-refractivity contribution in [1.82, 2.24) is 20.3 Å².